The van der Waals surface area contributed by atoms with Crippen LogP contribution in [0.4, 0.5) is 16.2 Å². The van der Waals surface area contributed by atoms with Gasteiger partial charge in [0, 0.05) is 36.0 Å². The Morgan fingerprint density at radius 2 is 1.76 bits per heavy atom. The smallest absolute Gasteiger partial charge is 0.313 e. The predicted molar refractivity (Wildman–Crippen MR) is 100 cm³/mol. The summed E-state index contributed by atoms with van der Waals surface area (Å²) in [6, 6.07) is 16.5. The summed E-state index contributed by atoms with van der Waals surface area (Å²) in [5.41, 5.74) is 1.64. The van der Waals surface area contributed by atoms with E-state index < -0.39 is 0 Å². The predicted octanol–water partition coefficient (Wildman–Crippen LogP) is 3.64. The number of benzene rings is 2. The maximum Gasteiger partial charge on any atom is 0.325 e. The largest absolute Gasteiger partial charge is 0.325 e. The molecule has 0 aliphatic carbocycles. The Bertz CT molecular complexity index is 749. The number of halogens is 1. The second kappa shape index (κ2) is 7.57. The fourth-order valence-electron chi connectivity index (χ4n) is 2.95. The molecule has 1 aliphatic heterocycles. The van der Waals surface area contributed by atoms with E-state index in [-0.39, 0.29) is 18.5 Å². The van der Waals surface area contributed by atoms with Gasteiger partial charge in [0.25, 0.3) is 0 Å². The van der Waals surface area contributed by atoms with Crippen LogP contribution in [0.1, 0.15) is 6.92 Å². The van der Waals surface area contributed by atoms with E-state index in [0.29, 0.717) is 24.7 Å². The van der Waals surface area contributed by atoms with Gasteiger partial charge in [-0.25, -0.2) is 4.79 Å². The molecule has 0 radical (unpaired) electrons. The van der Waals surface area contributed by atoms with Crippen LogP contribution < -0.4 is 9.80 Å². The Labute approximate surface area is 152 Å². The topological polar surface area (TPSA) is 43.9 Å². The molecule has 3 rings (SSSR count). The molecule has 5 nitrogen and oxygen atoms in total. The third kappa shape index (κ3) is 3.77. The van der Waals surface area contributed by atoms with Gasteiger partial charge in [-0.1, -0.05) is 29.8 Å². The molecule has 1 heterocycles. The Morgan fingerprint density at radius 3 is 2.40 bits per heavy atom. The molecule has 0 aromatic heterocycles. The lowest BCUT2D eigenvalue weighted by Crippen LogP contribution is -2.42. The molecule has 0 atom stereocenters. The molecule has 0 saturated carbocycles. The highest BCUT2D eigenvalue weighted by atomic mass is 35.5. The summed E-state index contributed by atoms with van der Waals surface area (Å²) in [6.07, 6.45) is 0. The summed E-state index contributed by atoms with van der Waals surface area (Å²) in [7, 11) is 0. The molecule has 1 saturated heterocycles. The number of hydrogen-bond donors (Lipinski definition) is 0. The molecule has 1 aliphatic rings. The monoisotopic (exact) mass is 357 g/mol. The van der Waals surface area contributed by atoms with Gasteiger partial charge >= 0.3 is 6.03 Å². The van der Waals surface area contributed by atoms with Crippen LogP contribution in [0.2, 0.25) is 5.02 Å². The van der Waals surface area contributed by atoms with Crippen molar-refractivity contribution in [1.29, 1.82) is 0 Å². The summed E-state index contributed by atoms with van der Waals surface area (Å²) in [6.45, 7) is 3.65. The number of amides is 3. The van der Waals surface area contributed by atoms with E-state index in [1.165, 1.54) is 0 Å². The highest BCUT2D eigenvalue weighted by molar-refractivity contribution is 6.30. The van der Waals surface area contributed by atoms with E-state index in [4.69, 9.17) is 11.6 Å². The zero-order valence-corrected chi connectivity index (χ0v) is 14.8. The molecule has 0 spiro atoms. The summed E-state index contributed by atoms with van der Waals surface area (Å²) >= 11 is 5.90. The van der Waals surface area contributed by atoms with Gasteiger partial charge in [0.05, 0.1) is 0 Å². The van der Waals surface area contributed by atoms with Gasteiger partial charge in [-0.05, 0) is 43.3 Å². The number of likely N-dealkylation sites (N-methyl/N-ethyl adjacent to an activating group) is 1. The summed E-state index contributed by atoms with van der Waals surface area (Å²) < 4.78 is 0. The quantitative estimate of drug-likeness (QED) is 0.820. The molecule has 25 heavy (non-hydrogen) atoms. The number of para-hydroxylation sites is 1. The van der Waals surface area contributed by atoms with E-state index >= 15 is 0 Å². The summed E-state index contributed by atoms with van der Waals surface area (Å²) in [5, 5.41) is 0.629. The zero-order valence-electron chi connectivity index (χ0n) is 14.1. The Balaban J connectivity index is 1.68. The molecule has 0 unspecified atom stereocenters. The summed E-state index contributed by atoms with van der Waals surface area (Å²) in [5.74, 6) is -0.0833. The Kier molecular flexibility index (Phi) is 5.24. The lowest BCUT2D eigenvalue weighted by atomic mass is 10.3. The van der Waals surface area contributed by atoms with Crippen molar-refractivity contribution in [2.45, 2.75) is 6.92 Å². The SMILES string of the molecule is CCN(C(=O)CN1CCN(c2ccc(Cl)cc2)C1=O)c1ccccc1. The molecular weight excluding hydrogens is 338 g/mol. The van der Waals surface area contributed by atoms with Crippen LogP contribution >= 0.6 is 11.6 Å². The zero-order chi connectivity index (χ0) is 17.8. The standard InChI is InChI=1S/C19H20ClN3O2/c1-2-22(16-6-4-3-5-7-16)18(24)14-21-12-13-23(19(21)25)17-10-8-15(20)9-11-17/h3-11H,2,12-14H2,1H3. The molecule has 2 aromatic rings. The van der Waals surface area contributed by atoms with Crippen molar-refractivity contribution >= 4 is 34.9 Å². The van der Waals surface area contributed by atoms with Crippen molar-refractivity contribution in [1.82, 2.24) is 4.90 Å². The molecule has 2 aromatic carbocycles. The highest BCUT2D eigenvalue weighted by Crippen LogP contribution is 2.22. The van der Waals surface area contributed by atoms with Crippen molar-refractivity contribution in [3.8, 4) is 0 Å². The van der Waals surface area contributed by atoms with Gasteiger partial charge in [-0.3, -0.25) is 9.69 Å². The molecule has 0 bridgehead atoms. The first-order valence-corrected chi connectivity index (χ1v) is 8.65. The van der Waals surface area contributed by atoms with E-state index in [1.807, 2.05) is 49.4 Å². The third-order valence-corrected chi connectivity index (χ3v) is 4.50. The van der Waals surface area contributed by atoms with Crippen molar-refractivity contribution in [3.05, 3.63) is 59.6 Å². The van der Waals surface area contributed by atoms with Gasteiger partial charge < -0.3 is 9.80 Å². The first-order valence-electron chi connectivity index (χ1n) is 8.27. The maximum absolute atomic E-state index is 12.7. The van der Waals surface area contributed by atoms with Crippen LogP contribution in [-0.4, -0.2) is 43.0 Å². The number of anilines is 2. The van der Waals surface area contributed by atoms with Crippen molar-refractivity contribution in [2.75, 3.05) is 36.0 Å². The maximum atomic E-state index is 12.7. The first kappa shape index (κ1) is 17.3. The van der Waals surface area contributed by atoms with Crippen molar-refractivity contribution < 1.29 is 9.59 Å². The molecule has 3 amide bonds. The summed E-state index contributed by atoms with van der Waals surface area (Å²) in [4.78, 5) is 30.2. The van der Waals surface area contributed by atoms with Crippen LogP contribution in [0.25, 0.3) is 0 Å². The number of hydrogen-bond acceptors (Lipinski definition) is 2. The minimum absolute atomic E-state index is 0.0751. The van der Waals surface area contributed by atoms with E-state index in [0.717, 1.165) is 11.4 Å². The van der Waals surface area contributed by atoms with Gasteiger partial charge in [-0.2, -0.15) is 0 Å². The number of carbonyl (C=O) groups excluding carboxylic acids is 2. The van der Waals surface area contributed by atoms with Crippen molar-refractivity contribution in [2.24, 2.45) is 0 Å². The van der Waals surface area contributed by atoms with Gasteiger partial charge in [-0.15, -0.1) is 0 Å². The minimum Gasteiger partial charge on any atom is -0.313 e. The molecular formula is C19H20ClN3O2. The highest BCUT2D eigenvalue weighted by Gasteiger charge is 2.31. The lowest BCUT2D eigenvalue weighted by molar-refractivity contribution is -0.119. The Morgan fingerprint density at radius 1 is 1.08 bits per heavy atom. The number of urea groups is 1. The molecule has 0 N–H and O–H groups in total. The van der Waals surface area contributed by atoms with E-state index in [9.17, 15) is 9.59 Å². The van der Waals surface area contributed by atoms with Gasteiger partial charge in [0.2, 0.25) is 5.91 Å². The normalized spacial score (nSPS) is 14.1. The lowest BCUT2D eigenvalue weighted by Gasteiger charge is -2.24. The van der Waals surface area contributed by atoms with Crippen LogP contribution in [0.3, 0.4) is 0 Å². The number of rotatable bonds is 5. The van der Waals surface area contributed by atoms with E-state index in [1.54, 1.807) is 26.8 Å². The second-order valence-electron chi connectivity index (χ2n) is 5.81. The minimum atomic E-state index is -0.153. The first-order chi connectivity index (χ1) is 12.1. The molecule has 1 fully saturated rings. The van der Waals surface area contributed by atoms with Crippen LogP contribution in [-0.2, 0) is 4.79 Å². The third-order valence-electron chi connectivity index (χ3n) is 4.24. The van der Waals surface area contributed by atoms with Crippen molar-refractivity contribution in [3.63, 3.8) is 0 Å². The van der Waals surface area contributed by atoms with Crippen LogP contribution in [0, 0.1) is 0 Å². The molecule has 6 heteroatoms. The molecule has 130 valence electrons. The van der Waals surface area contributed by atoms with Crippen LogP contribution in [0.5, 0.6) is 0 Å². The fraction of sp³-hybridized carbons (Fsp3) is 0.263. The van der Waals surface area contributed by atoms with Gasteiger partial charge in [0.1, 0.15) is 6.54 Å². The average molecular weight is 358 g/mol. The second-order valence-corrected chi connectivity index (χ2v) is 6.24. The van der Waals surface area contributed by atoms with E-state index in [2.05, 4.69) is 0 Å². The number of nitrogens with zero attached hydrogens (tertiary/aromatic N) is 3. The fourth-order valence-corrected chi connectivity index (χ4v) is 3.08. The van der Waals surface area contributed by atoms with Gasteiger partial charge in [0.15, 0.2) is 0 Å². The Hall–Kier alpha value is -2.53. The number of carbonyl (C=O) groups is 2. The average Bonchev–Trinajstić information content (AvgIpc) is 2.98. The van der Waals surface area contributed by atoms with Crippen LogP contribution in [0.15, 0.2) is 54.6 Å².